The van der Waals surface area contributed by atoms with Crippen molar-refractivity contribution in [3.63, 3.8) is 0 Å². The third kappa shape index (κ3) is 6.58. The van der Waals surface area contributed by atoms with Crippen LogP contribution in [0.1, 0.15) is 31.9 Å². The van der Waals surface area contributed by atoms with Crippen molar-refractivity contribution in [2.75, 3.05) is 13.7 Å². The summed E-state index contributed by atoms with van der Waals surface area (Å²) in [7, 11) is 1.40. The maximum absolute atomic E-state index is 11.5. The number of carbonyl (C=O) groups is 1. The summed E-state index contributed by atoms with van der Waals surface area (Å²) in [6.07, 6.45) is 1.19. The molecule has 0 fully saturated rings. The molecule has 0 saturated heterocycles. The summed E-state index contributed by atoms with van der Waals surface area (Å²) in [5.41, 5.74) is 1.18. The maximum atomic E-state index is 11.5. The van der Waals surface area contributed by atoms with Crippen LogP contribution in [0.2, 0.25) is 10.0 Å². The molecule has 0 saturated carbocycles. The van der Waals surface area contributed by atoms with Crippen LogP contribution in [0.3, 0.4) is 0 Å². The minimum Gasteiger partial charge on any atom is -0.503 e. The Bertz CT molecular complexity index is 877. The number of rotatable bonds is 8. The van der Waals surface area contributed by atoms with E-state index in [-0.39, 0.29) is 17.6 Å². The summed E-state index contributed by atoms with van der Waals surface area (Å²) in [6.45, 7) is 6.73. The van der Waals surface area contributed by atoms with Crippen molar-refractivity contribution in [1.82, 2.24) is 0 Å². The highest BCUT2D eigenvalue weighted by molar-refractivity contribution is 6.37. The Morgan fingerprint density at radius 2 is 1.72 bits per heavy atom. The molecule has 2 aromatic rings. The quantitative estimate of drug-likeness (QED) is 0.400. The van der Waals surface area contributed by atoms with Gasteiger partial charge in [0.25, 0.3) is 0 Å². The SMILES string of the molecule is CO/C=C(/C(=O)O)c1ccccc1COc1cc(Cl)c(OCC(C)(C)C)c(Cl)c1. The monoisotopic (exact) mass is 438 g/mol. The first kappa shape index (κ1) is 22.9. The molecule has 0 atom stereocenters. The lowest BCUT2D eigenvalue weighted by Crippen LogP contribution is -2.17. The van der Waals surface area contributed by atoms with Gasteiger partial charge in [0.05, 0.1) is 30.0 Å². The molecule has 0 aliphatic heterocycles. The Kier molecular flexibility index (Phi) is 7.82. The summed E-state index contributed by atoms with van der Waals surface area (Å²) in [5.74, 6) is -0.233. The lowest BCUT2D eigenvalue weighted by Gasteiger charge is -2.20. The topological polar surface area (TPSA) is 65.0 Å². The van der Waals surface area contributed by atoms with Gasteiger partial charge < -0.3 is 19.3 Å². The Hall–Kier alpha value is -2.37. The zero-order valence-electron chi connectivity index (χ0n) is 16.8. The van der Waals surface area contributed by atoms with Crippen LogP contribution in [0.25, 0.3) is 5.57 Å². The molecule has 0 amide bonds. The number of ether oxygens (including phenoxy) is 3. The van der Waals surface area contributed by atoms with Gasteiger partial charge in [0, 0.05) is 12.1 Å². The van der Waals surface area contributed by atoms with E-state index < -0.39 is 5.97 Å². The molecule has 2 rings (SSSR count). The van der Waals surface area contributed by atoms with E-state index in [0.717, 1.165) is 0 Å². The summed E-state index contributed by atoms with van der Waals surface area (Å²) in [5, 5.41) is 10.1. The molecule has 29 heavy (non-hydrogen) atoms. The zero-order chi connectivity index (χ0) is 21.6. The highest BCUT2D eigenvalue weighted by Gasteiger charge is 2.17. The van der Waals surface area contributed by atoms with E-state index in [2.05, 4.69) is 0 Å². The van der Waals surface area contributed by atoms with Gasteiger partial charge in [-0.25, -0.2) is 4.79 Å². The molecular formula is C22H24Cl2O5. The van der Waals surface area contributed by atoms with Crippen LogP contribution < -0.4 is 9.47 Å². The Morgan fingerprint density at radius 1 is 1.10 bits per heavy atom. The molecule has 0 aliphatic carbocycles. The maximum Gasteiger partial charge on any atom is 0.339 e. The second-order valence-electron chi connectivity index (χ2n) is 7.58. The zero-order valence-corrected chi connectivity index (χ0v) is 18.3. The lowest BCUT2D eigenvalue weighted by atomic mass is 9.99. The van der Waals surface area contributed by atoms with Gasteiger partial charge in [-0.05, 0) is 16.5 Å². The molecule has 7 heteroatoms. The number of hydrogen-bond acceptors (Lipinski definition) is 4. The van der Waals surface area contributed by atoms with Crippen molar-refractivity contribution in [3.05, 3.63) is 63.8 Å². The predicted molar refractivity (Wildman–Crippen MR) is 115 cm³/mol. The molecule has 0 radical (unpaired) electrons. The molecule has 0 unspecified atom stereocenters. The molecule has 5 nitrogen and oxygen atoms in total. The fraction of sp³-hybridized carbons (Fsp3) is 0.318. The van der Waals surface area contributed by atoms with E-state index in [4.69, 9.17) is 37.4 Å². The predicted octanol–water partition coefficient (Wildman–Crippen LogP) is 6.07. The summed E-state index contributed by atoms with van der Waals surface area (Å²) >= 11 is 12.6. The van der Waals surface area contributed by atoms with Gasteiger partial charge in [0.1, 0.15) is 17.9 Å². The van der Waals surface area contributed by atoms with Gasteiger partial charge in [0.2, 0.25) is 0 Å². The van der Waals surface area contributed by atoms with Crippen LogP contribution >= 0.6 is 23.2 Å². The van der Waals surface area contributed by atoms with Gasteiger partial charge in [-0.15, -0.1) is 0 Å². The van der Waals surface area contributed by atoms with E-state index in [1.807, 2.05) is 20.8 Å². The van der Waals surface area contributed by atoms with E-state index in [9.17, 15) is 9.90 Å². The minimum absolute atomic E-state index is 0.0358. The highest BCUT2D eigenvalue weighted by Crippen LogP contribution is 2.38. The fourth-order valence-electron chi connectivity index (χ4n) is 2.46. The second kappa shape index (κ2) is 9.90. The van der Waals surface area contributed by atoms with Gasteiger partial charge in [0.15, 0.2) is 5.75 Å². The Balaban J connectivity index is 2.21. The minimum atomic E-state index is -1.09. The average molecular weight is 439 g/mol. The Labute approximate surface area is 180 Å². The fourth-order valence-corrected chi connectivity index (χ4v) is 3.04. The Morgan fingerprint density at radius 3 is 2.28 bits per heavy atom. The third-order valence-corrected chi connectivity index (χ3v) is 4.35. The number of benzene rings is 2. The first-order valence-electron chi connectivity index (χ1n) is 8.91. The number of aliphatic carboxylic acids is 1. The van der Waals surface area contributed by atoms with Crippen molar-refractivity contribution >= 4 is 34.7 Å². The third-order valence-electron chi connectivity index (χ3n) is 3.79. The van der Waals surface area contributed by atoms with Crippen LogP contribution in [0.5, 0.6) is 11.5 Å². The molecule has 0 aliphatic rings. The van der Waals surface area contributed by atoms with Crippen LogP contribution in [0, 0.1) is 5.41 Å². The molecule has 0 spiro atoms. The second-order valence-corrected chi connectivity index (χ2v) is 8.40. The molecule has 0 aromatic heterocycles. The van der Waals surface area contributed by atoms with E-state index >= 15 is 0 Å². The first-order valence-corrected chi connectivity index (χ1v) is 9.67. The van der Waals surface area contributed by atoms with Gasteiger partial charge in [-0.1, -0.05) is 68.2 Å². The van der Waals surface area contributed by atoms with Crippen LogP contribution in [0.4, 0.5) is 0 Å². The summed E-state index contributed by atoms with van der Waals surface area (Å²) in [6, 6.07) is 10.3. The molecule has 156 valence electrons. The number of carboxylic acid groups (broad SMARTS) is 1. The molecular weight excluding hydrogens is 415 g/mol. The lowest BCUT2D eigenvalue weighted by molar-refractivity contribution is -0.130. The van der Waals surface area contributed by atoms with Gasteiger partial charge in [-0.3, -0.25) is 0 Å². The molecule has 0 heterocycles. The average Bonchev–Trinajstić information content (AvgIpc) is 2.63. The van der Waals surface area contributed by atoms with Crippen molar-refractivity contribution in [2.24, 2.45) is 5.41 Å². The van der Waals surface area contributed by atoms with Crippen LogP contribution in [-0.2, 0) is 16.1 Å². The van der Waals surface area contributed by atoms with Crippen molar-refractivity contribution in [2.45, 2.75) is 27.4 Å². The van der Waals surface area contributed by atoms with Gasteiger partial charge >= 0.3 is 5.97 Å². The largest absolute Gasteiger partial charge is 0.503 e. The van der Waals surface area contributed by atoms with E-state index in [1.165, 1.54) is 13.4 Å². The number of methoxy groups -OCH3 is 1. The standard InChI is InChI=1S/C22H24Cl2O5/c1-22(2,3)13-29-20-18(23)9-15(10-19(20)24)28-11-14-7-5-6-8-16(14)17(12-27-4)21(25)26/h5-10,12H,11,13H2,1-4H3,(H,25,26)/b17-12+. The molecule has 1 N–H and O–H groups in total. The van der Waals surface area contributed by atoms with Gasteiger partial charge in [-0.2, -0.15) is 0 Å². The smallest absolute Gasteiger partial charge is 0.339 e. The van der Waals surface area contributed by atoms with Crippen LogP contribution in [0.15, 0.2) is 42.7 Å². The summed E-state index contributed by atoms with van der Waals surface area (Å²) in [4.78, 5) is 11.5. The normalized spacial score (nSPS) is 11.9. The highest BCUT2D eigenvalue weighted by atomic mass is 35.5. The van der Waals surface area contributed by atoms with Crippen LogP contribution in [-0.4, -0.2) is 24.8 Å². The first-order chi connectivity index (χ1) is 13.6. The van der Waals surface area contributed by atoms with E-state index in [1.54, 1.807) is 36.4 Å². The van der Waals surface area contributed by atoms with E-state index in [0.29, 0.717) is 39.3 Å². The number of carboxylic acids is 1. The van der Waals surface area contributed by atoms with Crippen molar-refractivity contribution < 1.29 is 24.1 Å². The summed E-state index contributed by atoms with van der Waals surface area (Å²) < 4.78 is 16.5. The number of hydrogen-bond donors (Lipinski definition) is 1. The molecule has 0 bridgehead atoms. The number of halogens is 2. The van der Waals surface area contributed by atoms with Crippen molar-refractivity contribution in [1.29, 1.82) is 0 Å². The van der Waals surface area contributed by atoms with Crippen molar-refractivity contribution in [3.8, 4) is 11.5 Å². The molecule has 2 aromatic carbocycles.